The van der Waals surface area contributed by atoms with Crippen LogP contribution in [-0.4, -0.2) is 37.1 Å². The molecule has 1 aliphatic rings. The third kappa shape index (κ3) is 6.15. The highest BCUT2D eigenvalue weighted by molar-refractivity contribution is 6.39. The van der Waals surface area contributed by atoms with Crippen molar-refractivity contribution in [2.45, 2.75) is 59.3 Å². The molecule has 0 bridgehead atoms. The predicted octanol–water partition coefficient (Wildman–Crippen LogP) is 5.42. The van der Waals surface area contributed by atoms with Crippen LogP contribution in [0, 0.1) is 0 Å². The molecular weight excluding hydrogens is 370 g/mol. The van der Waals surface area contributed by atoms with Gasteiger partial charge in [0.1, 0.15) is 0 Å². The van der Waals surface area contributed by atoms with Gasteiger partial charge >= 0.3 is 0 Å². The van der Waals surface area contributed by atoms with E-state index in [2.05, 4.69) is 31.1 Å². The van der Waals surface area contributed by atoms with Gasteiger partial charge in [0.2, 0.25) is 0 Å². The van der Waals surface area contributed by atoms with Crippen molar-refractivity contribution in [3.63, 3.8) is 0 Å². The average molecular weight is 404 g/mol. The van der Waals surface area contributed by atoms with Crippen molar-refractivity contribution in [3.8, 4) is 0 Å². The standard InChI is InChI=1S/C24H33NO2.ClH/c1-17-18(2)24(27)22(19(3)23(17)26)21-14-12-20(13-15-21)11-9-7-6-8-10-16-25(4)5;/h12-15H,6-11,16H2,1-5H3;1H. The molecule has 0 aromatic heterocycles. The van der Waals surface area contributed by atoms with Gasteiger partial charge in [-0.3, -0.25) is 9.59 Å². The zero-order chi connectivity index (χ0) is 20.0. The van der Waals surface area contributed by atoms with Gasteiger partial charge in [-0.25, -0.2) is 0 Å². The molecule has 0 saturated carbocycles. The van der Waals surface area contributed by atoms with Crippen LogP contribution in [0.5, 0.6) is 0 Å². The summed E-state index contributed by atoms with van der Waals surface area (Å²) >= 11 is 0. The summed E-state index contributed by atoms with van der Waals surface area (Å²) in [4.78, 5) is 27.2. The molecule has 154 valence electrons. The number of halogens is 1. The number of carbonyl (C=O) groups is 2. The second-order valence-corrected chi connectivity index (χ2v) is 7.93. The van der Waals surface area contributed by atoms with Crippen LogP contribution in [0.2, 0.25) is 0 Å². The Balaban J connectivity index is 0.00000392. The molecule has 3 nitrogen and oxygen atoms in total. The Kier molecular flexibility index (Phi) is 9.84. The SMILES string of the molecule is CC1=C(C)C(=O)C(c2ccc(CCCCCCCN(C)C)cc2)=C(C)C1=O.Cl. The number of benzene rings is 1. The molecule has 0 fully saturated rings. The summed E-state index contributed by atoms with van der Waals surface area (Å²) in [5, 5.41) is 0. The van der Waals surface area contributed by atoms with Crippen LogP contribution in [0.1, 0.15) is 64.0 Å². The third-order valence-electron chi connectivity index (χ3n) is 5.50. The zero-order valence-corrected chi connectivity index (χ0v) is 18.7. The van der Waals surface area contributed by atoms with E-state index in [0.717, 1.165) is 12.0 Å². The first-order valence-electron chi connectivity index (χ1n) is 10.0. The summed E-state index contributed by atoms with van der Waals surface area (Å²) in [6.45, 7) is 6.41. The number of hydrogen-bond acceptors (Lipinski definition) is 3. The maximum absolute atomic E-state index is 12.6. The van der Waals surface area contributed by atoms with Crippen molar-refractivity contribution in [2.75, 3.05) is 20.6 Å². The molecule has 0 amide bonds. The van der Waals surface area contributed by atoms with E-state index in [0.29, 0.717) is 22.3 Å². The van der Waals surface area contributed by atoms with Crippen molar-refractivity contribution >= 4 is 29.5 Å². The number of nitrogens with zero attached hydrogens (tertiary/aromatic N) is 1. The molecule has 1 aromatic carbocycles. The molecule has 0 aliphatic heterocycles. The normalized spacial score (nSPS) is 14.8. The smallest absolute Gasteiger partial charge is 0.190 e. The van der Waals surface area contributed by atoms with E-state index in [1.165, 1.54) is 44.2 Å². The van der Waals surface area contributed by atoms with Crippen molar-refractivity contribution in [3.05, 3.63) is 52.1 Å². The number of carbonyl (C=O) groups excluding carboxylic acids is 2. The summed E-state index contributed by atoms with van der Waals surface area (Å²) in [6, 6.07) is 8.18. The lowest BCUT2D eigenvalue weighted by Gasteiger charge is -2.19. The summed E-state index contributed by atoms with van der Waals surface area (Å²) in [5.74, 6) is -0.0319. The van der Waals surface area contributed by atoms with Crippen LogP contribution >= 0.6 is 12.4 Å². The van der Waals surface area contributed by atoms with Crippen LogP contribution in [0.15, 0.2) is 41.0 Å². The fraction of sp³-hybridized carbons (Fsp3) is 0.500. The van der Waals surface area contributed by atoms with Crippen molar-refractivity contribution in [1.29, 1.82) is 0 Å². The van der Waals surface area contributed by atoms with Crippen molar-refractivity contribution < 1.29 is 9.59 Å². The molecule has 1 aromatic rings. The molecule has 28 heavy (non-hydrogen) atoms. The topological polar surface area (TPSA) is 37.4 Å². The number of allylic oxidation sites excluding steroid dienone is 4. The molecule has 0 unspecified atom stereocenters. The van der Waals surface area contributed by atoms with Crippen LogP contribution in [0.3, 0.4) is 0 Å². The van der Waals surface area contributed by atoms with Gasteiger partial charge in [0.05, 0.1) is 0 Å². The van der Waals surface area contributed by atoms with Crippen LogP contribution in [0.4, 0.5) is 0 Å². The summed E-state index contributed by atoms with van der Waals surface area (Å²) in [6.07, 6.45) is 7.39. The van der Waals surface area contributed by atoms with Gasteiger partial charge in [-0.15, -0.1) is 12.4 Å². The molecule has 0 saturated heterocycles. The molecule has 4 heteroatoms. The Bertz CT molecular complexity index is 757. The molecule has 2 rings (SSSR count). The Morgan fingerprint density at radius 2 is 1.25 bits per heavy atom. The van der Waals surface area contributed by atoms with E-state index in [1.807, 2.05) is 12.1 Å². The van der Waals surface area contributed by atoms with E-state index < -0.39 is 0 Å². The molecule has 0 radical (unpaired) electrons. The lowest BCUT2D eigenvalue weighted by atomic mass is 9.82. The van der Waals surface area contributed by atoms with Gasteiger partial charge in [-0.2, -0.15) is 0 Å². The number of unbranched alkanes of at least 4 members (excludes halogenated alkanes) is 4. The number of aryl methyl sites for hydroxylation is 1. The van der Waals surface area contributed by atoms with E-state index in [-0.39, 0.29) is 24.0 Å². The predicted molar refractivity (Wildman–Crippen MR) is 120 cm³/mol. The second kappa shape index (κ2) is 11.3. The first kappa shape index (κ1) is 24.3. The van der Waals surface area contributed by atoms with Gasteiger partial charge < -0.3 is 4.90 Å². The first-order valence-corrected chi connectivity index (χ1v) is 10.0. The van der Waals surface area contributed by atoms with Crippen LogP contribution < -0.4 is 0 Å². The van der Waals surface area contributed by atoms with Crippen LogP contribution in [0.25, 0.3) is 5.57 Å². The largest absolute Gasteiger partial charge is 0.309 e. The van der Waals surface area contributed by atoms with E-state index in [9.17, 15) is 9.59 Å². The summed E-state index contributed by atoms with van der Waals surface area (Å²) in [5.41, 5.74) is 4.42. The molecule has 0 heterocycles. The van der Waals surface area contributed by atoms with Crippen molar-refractivity contribution in [2.24, 2.45) is 0 Å². The minimum atomic E-state index is -0.0184. The lowest BCUT2D eigenvalue weighted by molar-refractivity contribution is -0.115. The maximum atomic E-state index is 12.6. The fourth-order valence-electron chi connectivity index (χ4n) is 3.57. The van der Waals surface area contributed by atoms with E-state index in [4.69, 9.17) is 0 Å². The fourth-order valence-corrected chi connectivity index (χ4v) is 3.57. The number of hydrogen-bond donors (Lipinski definition) is 0. The number of rotatable bonds is 9. The lowest BCUT2D eigenvalue weighted by Crippen LogP contribution is -2.19. The Hall–Kier alpha value is -1.71. The Labute approximate surface area is 176 Å². The highest BCUT2D eigenvalue weighted by Gasteiger charge is 2.28. The number of ketones is 2. The van der Waals surface area contributed by atoms with E-state index >= 15 is 0 Å². The first-order chi connectivity index (χ1) is 12.8. The summed E-state index contributed by atoms with van der Waals surface area (Å²) in [7, 11) is 4.24. The molecule has 0 atom stereocenters. The maximum Gasteiger partial charge on any atom is 0.190 e. The minimum absolute atomic E-state index is 0. The van der Waals surface area contributed by atoms with Gasteiger partial charge in [0.15, 0.2) is 11.6 Å². The Morgan fingerprint density at radius 1 is 0.714 bits per heavy atom. The quantitative estimate of drug-likeness (QED) is 0.407. The highest BCUT2D eigenvalue weighted by atomic mass is 35.5. The highest BCUT2D eigenvalue weighted by Crippen LogP contribution is 2.31. The minimum Gasteiger partial charge on any atom is -0.309 e. The molecular formula is C24H34ClNO2. The average Bonchev–Trinajstić information content (AvgIpc) is 2.65. The van der Waals surface area contributed by atoms with Gasteiger partial charge in [0, 0.05) is 22.3 Å². The Morgan fingerprint density at radius 3 is 1.86 bits per heavy atom. The van der Waals surface area contributed by atoms with Crippen molar-refractivity contribution in [1.82, 2.24) is 4.90 Å². The third-order valence-corrected chi connectivity index (χ3v) is 5.50. The van der Waals surface area contributed by atoms with Gasteiger partial charge in [-0.1, -0.05) is 43.5 Å². The molecule has 0 N–H and O–H groups in total. The van der Waals surface area contributed by atoms with Gasteiger partial charge in [-0.05, 0) is 71.8 Å². The second-order valence-electron chi connectivity index (χ2n) is 7.93. The molecule has 0 spiro atoms. The number of Topliss-reactive ketones (excluding diaryl/α,β-unsaturated/α-hetero) is 2. The zero-order valence-electron chi connectivity index (χ0n) is 17.9. The molecule has 1 aliphatic carbocycles. The van der Waals surface area contributed by atoms with Gasteiger partial charge in [0.25, 0.3) is 0 Å². The monoisotopic (exact) mass is 403 g/mol. The van der Waals surface area contributed by atoms with E-state index in [1.54, 1.807) is 20.8 Å². The summed E-state index contributed by atoms with van der Waals surface area (Å²) < 4.78 is 0. The van der Waals surface area contributed by atoms with Crippen LogP contribution in [-0.2, 0) is 16.0 Å².